The molecular formula is C28H36N6O2S. The zero-order valence-electron chi connectivity index (χ0n) is 22.2. The molecule has 4 rings (SSSR count). The summed E-state index contributed by atoms with van der Waals surface area (Å²) in [5.74, 6) is 1.63. The van der Waals surface area contributed by atoms with Gasteiger partial charge >= 0.3 is 0 Å². The maximum Gasteiger partial charge on any atom is 0.211 e. The summed E-state index contributed by atoms with van der Waals surface area (Å²) in [5.41, 5.74) is 4.64. The highest BCUT2D eigenvalue weighted by Gasteiger charge is 2.48. The van der Waals surface area contributed by atoms with Crippen LogP contribution in [0.15, 0.2) is 60.4 Å². The predicted octanol–water partition coefficient (Wildman–Crippen LogP) is 4.17. The highest BCUT2D eigenvalue weighted by molar-refractivity contribution is 7.88. The number of hydrogen-bond acceptors (Lipinski definition) is 7. The van der Waals surface area contributed by atoms with E-state index in [9.17, 15) is 8.42 Å². The molecule has 1 saturated carbocycles. The second kappa shape index (κ2) is 11.0. The molecule has 1 aromatic heterocycles. The Morgan fingerprint density at radius 1 is 1.27 bits per heavy atom. The molecule has 196 valence electrons. The van der Waals surface area contributed by atoms with E-state index >= 15 is 0 Å². The van der Waals surface area contributed by atoms with Gasteiger partial charge in [0, 0.05) is 75.1 Å². The summed E-state index contributed by atoms with van der Waals surface area (Å²) in [6.45, 7) is 6.52. The number of aromatic nitrogens is 2. The Hall–Kier alpha value is -3.30. The van der Waals surface area contributed by atoms with Gasteiger partial charge in [-0.2, -0.15) is 4.31 Å². The van der Waals surface area contributed by atoms with E-state index in [1.165, 1.54) is 6.26 Å². The Balaban J connectivity index is 1.74. The number of hydrogen-bond donors (Lipinski definition) is 1. The summed E-state index contributed by atoms with van der Waals surface area (Å²) in [6.07, 6.45) is 12.5. The standard InChI is InChI=1S/C28H36N6O2S/c1-7-20(15-29-3)24-16-30-27(23-11-9-10-22(14-23)21(8-2)18-33(4)5)32-28(24)31-25-12-19-13-26(25)34(17-19)37(6,35)36/h7-11,14-16,18-19,25-26H,2,12-13,17H2,1,3-6H3,(H,30,31,32)/b20-7+,21-18+,29-15?. The van der Waals surface area contributed by atoms with Gasteiger partial charge in [0.15, 0.2) is 5.82 Å². The van der Waals surface area contributed by atoms with Crippen LogP contribution < -0.4 is 5.32 Å². The molecule has 2 aromatic rings. The van der Waals surface area contributed by atoms with Gasteiger partial charge in [-0.1, -0.05) is 36.9 Å². The molecular weight excluding hydrogens is 484 g/mol. The fourth-order valence-corrected chi connectivity index (χ4v) is 6.54. The van der Waals surface area contributed by atoms with Crippen molar-refractivity contribution in [2.24, 2.45) is 10.9 Å². The van der Waals surface area contributed by atoms with Crippen molar-refractivity contribution >= 4 is 33.2 Å². The number of nitrogens with one attached hydrogen (secondary N) is 1. The van der Waals surface area contributed by atoms with Crippen molar-refractivity contribution in [1.82, 2.24) is 19.2 Å². The van der Waals surface area contributed by atoms with Gasteiger partial charge in [-0.15, -0.1) is 0 Å². The molecule has 3 unspecified atom stereocenters. The van der Waals surface area contributed by atoms with Crippen LogP contribution in [-0.2, 0) is 10.0 Å². The third kappa shape index (κ3) is 5.83. The van der Waals surface area contributed by atoms with Gasteiger partial charge in [0.05, 0.1) is 6.26 Å². The largest absolute Gasteiger partial charge is 0.383 e. The molecule has 1 aliphatic heterocycles. The molecule has 37 heavy (non-hydrogen) atoms. The average Bonchev–Trinajstić information content (AvgIpc) is 3.47. The highest BCUT2D eigenvalue weighted by Crippen LogP contribution is 2.41. The minimum atomic E-state index is -3.26. The first-order valence-corrected chi connectivity index (χ1v) is 14.3. The van der Waals surface area contributed by atoms with Crippen molar-refractivity contribution in [3.8, 4) is 11.4 Å². The molecule has 8 nitrogen and oxygen atoms in total. The van der Waals surface area contributed by atoms with Gasteiger partial charge in [-0.25, -0.2) is 18.4 Å². The van der Waals surface area contributed by atoms with Gasteiger partial charge in [-0.3, -0.25) is 4.99 Å². The average molecular weight is 521 g/mol. The molecule has 1 saturated heterocycles. The third-order valence-corrected chi connectivity index (χ3v) is 8.20. The van der Waals surface area contributed by atoms with Gasteiger partial charge < -0.3 is 10.2 Å². The summed E-state index contributed by atoms with van der Waals surface area (Å²) in [4.78, 5) is 15.9. The van der Waals surface area contributed by atoms with Crippen molar-refractivity contribution in [3.05, 3.63) is 66.5 Å². The number of allylic oxidation sites excluding steroid dienone is 4. The lowest BCUT2D eigenvalue weighted by Gasteiger charge is -2.32. The second-order valence-corrected chi connectivity index (χ2v) is 11.8. The summed E-state index contributed by atoms with van der Waals surface area (Å²) >= 11 is 0. The SMILES string of the molecule is C=C/C(=C\N(C)C)c1cccc(-c2ncc(/C(C=NC)=C/C)c(NC3CC4CC3N(S(C)(=O)=O)C4)n2)c1. The molecule has 1 aromatic carbocycles. The minimum absolute atomic E-state index is 0.0200. The van der Waals surface area contributed by atoms with E-state index in [1.54, 1.807) is 17.6 Å². The van der Waals surface area contributed by atoms with Crippen LogP contribution in [-0.4, -0.2) is 79.8 Å². The second-order valence-electron chi connectivity index (χ2n) is 9.91. The van der Waals surface area contributed by atoms with Crippen molar-refractivity contribution in [2.75, 3.05) is 39.3 Å². The first-order chi connectivity index (χ1) is 17.6. The fraction of sp³-hybridized carbons (Fsp3) is 0.393. The number of fused-ring (bicyclic) bond motifs is 2. The first-order valence-electron chi connectivity index (χ1n) is 12.4. The van der Waals surface area contributed by atoms with Crippen molar-refractivity contribution in [3.63, 3.8) is 0 Å². The molecule has 3 atom stereocenters. The first kappa shape index (κ1) is 26.8. The molecule has 2 bridgehead atoms. The molecule has 2 fully saturated rings. The number of rotatable bonds is 9. The van der Waals surface area contributed by atoms with Crippen molar-refractivity contribution in [1.29, 1.82) is 0 Å². The number of benzene rings is 1. The molecule has 1 aliphatic carbocycles. The molecule has 0 amide bonds. The third-order valence-electron chi connectivity index (χ3n) is 6.93. The molecule has 0 radical (unpaired) electrons. The Morgan fingerprint density at radius 2 is 2.05 bits per heavy atom. The van der Waals surface area contributed by atoms with Gasteiger partial charge in [-0.05, 0) is 42.9 Å². The zero-order chi connectivity index (χ0) is 26.7. The Morgan fingerprint density at radius 3 is 2.68 bits per heavy atom. The van der Waals surface area contributed by atoms with Crippen LogP contribution in [0.2, 0.25) is 0 Å². The van der Waals surface area contributed by atoms with E-state index in [4.69, 9.17) is 9.97 Å². The van der Waals surface area contributed by atoms with Crippen LogP contribution in [0, 0.1) is 5.92 Å². The lowest BCUT2D eigenvalue weighted by atomic mass is 10.0. The van der Waals surface area contributed by atoms with E-state index < -0.39 is 10.0 Å². The zero-order valence-corrected chi connectivity index (χ0v) is 23.0. The number of aliphatic imine (C=N–C) groups is 1. The van der Waals surface area contributed by atoms with Gasteiger partial charge in [0.1, 0.15) is 5.82 Å². The van der Waals surface area contributed by atoms with E-state index in [-0.39, 0.29) is 12.1 Å². The van der Waals surface area contributed by atoms with Crippen LogP contribution in [0.4, 0.5) is 5.82 Å². The molecule has 9 heteroatoms. The summed E-state index contributed by atoms with van der Waals surface area (Å²) in [6, 6.07) is 7.99. The summed E-state index contributed by atoms with van der Waals surface area (Å²) in [5, 5.41) is 3.61. The quantitative estimate of drug-likeness (QED) is 0.394. The Bertz CT molecular complexity index is 1360. The topological polar surface area (TPSA) is 90.8 Å². The summed E-state index contributed by atoms with van der Waals surface area (Å²) in [7, 11) is 2.43. The number of nitrogens with zero attached hydrogens (tertiary/aromatic N) is 5. The van der Waals surface area contributed by atoms with E-state index in [1.807, 2.05) is 68.7 Å². The maximum absolute atomic E-state index is 12.4. The predicted molar refractivity (Wildman–Crippen MR) is 153 cm³/mol. The van der Waals surface area contributed by atoms with Crippen LogP contribution in [0.1, 0.15) is 30.9 Å². The van der Waals surface area contributed by atoms with E-state index in [2.05, 4.69) is 23.0 Å². The number of anilines is 1. The van der Waals surface area contributed by atoms with E-state index in [0.717, 1.165) is 40.7 Å². The fourth-order valence-electron chi connectivity index (χ4n) is 5.33. The maximum atomic E-state index is 12.4. The van der Waals surface area contributed by atoms with Gasteiger partial charge in [0.2, 0.25) is 10.0 Å². The van der Waals surface area contributed by atoms with Crippen LogP contribution in [0.3, 0.4) is 0 Å². The monoisotopic (exact) mass is 520 g/mol. The normalized spacial score (nSPS) is 22.6. The highest BCUT2D eigenvalue weighted by atomic mass is 32.2. The van der Waals surface area contributed by atoms with Crippen LogP contribution >= 0.6 is 0 Å². The van der Waals surface area contributed by atoms with Gasteiger partial charge in [0.25, 0.3) is 0 Å². The Labute approximate surface area is 220 Å². The molecule has 2 heterocycles. The summed E-state index contributed by atoms with van der Waals surface area (Å²) < 4.78 is 26.4. The minimum Gasteiger partial charge on any atom is -0.383 e. The van der Waals surface area contributed by atoms with E-state index in [0.29, 0.717) is 24.1 Å². The molecule has 2 aliphatic rings. The number of piperidine rings is 1. The smallest absolute Gasteiger partial charge is 0.211 e. The number of sulfonamides is 1. The Kier molecular flexibility index (Phi) is 7.94. The lowest BCUT2D eigenvalue weighted by Crippen LogP contribution is -2.47. The van der Waals surface area contributed by atoms with Crippen molar-refractivity contribution in [2.45, 2.75) is 31.8 Å². The molecule has 0 spiro atoms. The van der Waals surface area contributed by atoms with Crippen molar-refractivity contribution < 1.29 is 8.42 Å². The van der Waals surface area contributed by atoms with Crippen LogP contribution in [0.5, 0.6) is 0 Å². The lowest BCUT2D eigenvalue weighted by molar-refractivity contribution is 0.315. The molecule has 1 N–H and O–H groups in total. The van der Waals surface area contributed by atoms with Crippen LogP contribution in [0.25, 0.3) is 22.5 Å².